The van der Waals surface area contributed by atoms with Crippen molar-refractivity contribution >= 4 is 17.3 Å². The molecular weight excluding hydrogens is 346 g/mol. The Morgan fingerprint density at radius 3 is 2.58 bits per heavy atom. The van der Waals surface area contributed by atoms with Crippen LogP contribution in [-0.4, -0.2) is 41.7 Å². The van der Waals surface area contributed by atoms with Crippen LogP contribution in [0.25, 0.3) is 0 Å². The molecule has 3 aliphatic rings. The van der Waals surface area contributed by atoms with E-state index >= 15 is 0 Å². The Hall–Kier alpha value is -1.69. The van der Waals surface area contributed by atoms with Crippen LogP contribution in [-0.2, 0) is 21.6 Å². The molecular formula is C21H25NO3S. The van der Waals surface area contributed by atoms with Crippen molar-refractivity contribution in [1.82, 2.24) is 4.90 Å². The quantitative estimate of drug-likeness (QED) is 0.792. The highest BCUT2D eigenvalue weighted by atomic mass is 32.1. The second-order valence-corrected chi connectivity index (χ2v) is 8.35. The van der Waals surface area contributed by atoms with Gasteiger partial charge in [0.2, 0.25) is 0 Å². The maximum absolute atomic E-state index is 13.0. The molecule has 1 N–H and O–H groups in total. The number of nitrogens with zero attached hydrogens (tertiary/aromatic N) is 1. The van der Waals surface area contributed by atoms with Crippen molar-refractivity contribution in [2.45, 2.75) is 37.4 Å². The van der Waals surface area contributed by atoms with Crippen LogP contribution in [0.15, 0.2) is 47.8 Å². The first-order valence-electron chi connectivity index (χ1n) is 9.39. The molecule has 3 saturated heterocycles. The van der Waals surface area contributed by atoms with Gasteiger partial charge < -0.3 is 9.84 Å². The number of aliphatic hydroxyl groups is 1. The SMILES string of the molecule is O=C(OC1CN2CCC1CC2)C(O)(CCc1ccccc1)c1cccs1. The Labute approximate surface area is 158 Å². The van der Waals surface area contributed by atoms with Gasteiger partial charge in [0.25, 0.3) is 0 Å². The van der Waals surface area contributed by atoms with Crippen molar-refractivity contribution in [1.29, 1.82) is 0 Å². The van der Waals surface area contributed by atoms with Gasteiger partial charge in [0.1, 0.15) is 6.10 Å². The molecule has 2 atom stereocenters. The van der Waals surface area contributed by atoms with Gasteiger partial charge in [-0.15, -0.1) is 11.3 Å². The third-order valence-electron chi connectivity index (χ3n) is 5.74. The van der Waals surface area contributed by atoms with Crippen LogP contribution in [0, 0.1) is 5.92 Å². The molecule has 5 heteroatoms. The lowest BCUT2D eigenvalue weighted by Gasteiger charge is -2.44. The number of carbonyl (C=O) groups is 1. The van der Waals surface area contributed by atoms with Gasteiger partial charge in [-0.2, -0.15) is 0 Å². The Bertz CT molecular complexity index is 725. The normalized spacial score (nSPS) is 27.0. The van der Waals surface area contributed by atoms with E-state index in [0.717, 1.165) is 38.0 Å². The van der Waals surface area contributed by atoms with Crippen LogP contribution in [0.3, 0.4) is 0 Å². The number of hydrogen-bond donors (Lipinski definition) is 1. The van der Waals surface area contributed by atoms with Gasteiger partial charge in [-0.25, -0.2) is 4.79 Å². The predicted octanol–water partition coefficient (Wildman–Crippen LogP) is 3.21. The molecule has 2 aromatic rings. The number of ether oxygens (including phenoxy) is 1. The number of fused-ring (bicyclic) bond motifs is 3. The molecule has 0 amide bonds. The summed E-state index contributed by atoms with van der Waals surface area (Å²) in [4.78, 5) is 16.1. The maximum Gasteiger partial charge on any atom is 0.344 e. The Balaban J connectivity index is 1.50. The van der Waals surface area contributed by atoms with Gasteiger partial charge in [0.05, 0.1) is 0 Å². The number of aryl methyl sites for hydroxylation is 1. The molecule has 4 heterocycles. The molecule has 2 bridgehead atoms. The fourth-order valence-corrected chi connectivity index (χ4v) is 4.93. The monoisotopic (exact) mass is 371 g/mol. The third kappa shape index (κ3) is 3.56. The first kappa shape index (κ1) is 17.7. The molecule has 1 aromatic heterocycles. The van der Waals surface area contributed by atoms with E-state index in [1.54, 1.807) is 0 Å². The highest BCUT2D eigenvalue weighted by Gasteiger charge is 2.44. The van der Waals surface area contributed by atoms with Crippen LogP contribution in [0.5, 0.6) is 0 Å². The van der Waals surface area contributed by atoms with Crippen molar-refractivity contribution in [3.63, 3.8) is 0 Å². The standard InChI is InChI=1S/C21H25NO3S/c23-20(25-18-15-22-12-9-17(18)10-13-22)21(24,19-7-4-14-26-19)11-8-16-5-2-1-3-6-16/h1-7,14,17-18,24H,8-13,15H2. The average molecular weight is 372 g/mol. The summed E-state index contributed by atoms with van der Waals surface area (Å²) in [5, 5.41) is 13.2. The minimum absolute atomic E-state index is 0.0896. The predicted molar refractivity (Wildman–Crippen MR) is 102 cm³/mol. The molecule has 26 heavy (non-hydrogen) atoms. The number of esters is 1. The van der Waals surface area contributed by atoms with Crippen molar-refractivity contribution in [3.8, 4) is 0 Å². The van der Waals surface area contributed by atoms with Gasteiger partial charge >= 0.3 is 5.97 Å². The van der Waals surface area contributed by atoms with Gasteiger partial charge in [0.15, 0.2) is 5.60 Å². The smallest absolute Gasteiger partial charge is 0.344 e. The van der Waals surface area contributed by atoms with Crippen LogP contribution in [0.1, 0.15) is 29.7 Å². The van der Waals surface area contributed by atoms with Gasteiger partial charge in [0, 0.05) is 11.4 Å². The number of carbonyl (C=O) groups excluding carboxylic acids is 1. The van der Waals surface area contributed by atoms with Gasteiger partial charge in [-0.1, -0.05) is 36.4 Å². The molecule has 0 aliphatic carbocycles. The van der Waals surface area contributed by atoms with Crippen LogP contribution < -0.4 is 0 Å². The van der Waals surface area contributed by atoms with Crippen LogP contribution >= 0.6 is 11.3 Å². The molecule has 2 unspecified atom stereocenters. The second kappa shape index (κ2) is 7.51. The van der Waals surface area contributed by atoms with Crippen LogP contribution in [0.2, 0.25) is 0 Å². The fraction of sp³-hybridized carbons (Fsp3) is 0.476. The molecule has 3 fully saturated rings. The Morgan fingerprint density at radius 1 is 1.19 bits per heavy atom. The Kier molecular flexibility index (Phi) is 5.11. The van der Waals surface area contributed by atoms with Crippen molar-refractivity contribution in [3.05, 3.63) is 58.3 Å². The fourth-order valence-electron chi connectivity index (χ4n) is 4.09. The summed E-state index contributed by atoms with van der Waals surface area (Å²) in [6.45, 7) is 3.00. The minimum Gasteiger partial charge on any atom is -0.458 e. The molecule has 1 aromatic carbocycles. The lowest BCUT2D eigenvalue weighted by Crippen LogP contribution is -2.53. The molecule has 0 radical (unpaired) electrons. The second-order valence-electron chi connectivity index (χ2n) is 7.40. The van der Waals surface area contributed by atoms with Gasteiger partial charge in [-0.05, 0) is 61.7 Å². The average Bonchev–Trinajstić information content (AvgIpc) is 3.23. The zero-order chi connectivity index (χ0) is 18.0. The van der Waals surface area contributed by atoms with Crippen molar-refractivity contribution in [2.24, 2.45) is 5.92 Å². The van der Waals surface area contributed by atoms with E-state index in [2.05, 4.69) is 4.90 Å². The number of piperidine rings is 3. The lowest BCUT2D eigenvalue weighted by molar-refractivity contribution is -0.182. The van der Waals surface area contributed by atoms with E-state index in [0.29, 0.717) is 23.6 Å². The summed E-state index contributed by atoms with van der Waals surface area (Å²) < 4.78 is 5.88. The third-order valence-corrected chi connectivity index (χ3v) is 6.76. The Morgan fingerprint density at radius 2 is 1.96 bits per heavy atom. The molecule has 0 saturated carbocycles. The molecule has 138 valence electrons. The van der Waals surface area contributed by atoms with E-state index in [1.165, 1.54) is 11.3 Å². The largest absolute Gasteiger partial charge is 0.458 e. The molecule has 4 nitrogen and oxygen atoms in total. The summed E-state index contributed by atoms with van der Waals surface area (Å²) in [5.41, 5.74) is -0.464. The maximum atomic E-state index is 13.0. The zero-order valence-corrected chi connectivity index (χ0v) is 15.7. The van der Waals surface area contributed by atoms with E-state index < -0.39 is 11.6 Å². The molecule has 5 rings (SSSR count). The van der Waals surface area contributed by atoms with Crippen LogP contribution in [0.4, 0.5) is 0 Å². The summed E-state index contributed by atoms with van der Waals surface area (Å²) >= 11 is 1.41. The summed E-state index contributed by atoms with van der Waals surface area (Å²) in [5.74, 6) is -0.0553. The lowest BCUT2D eigenvalue weighted by atomic mass is 9.85. The number of hydrogen-bond acceptors (Lipinski definition) is 5. The summed E-state index contributed by atoms with van der Waals surface area (Å²) in [6.07, 6.45) is 3.04. The van der Waals surface area contributed by atoms with E-state index in [4.69, 9.17) is 4.74 Å². The number of thiophene rings is 1. The molecule has 0 spiro atoms. The van der Waals surface area contributed by atoms with Gasteiger partial charge in [-0.3, -0.25) is 4.90 Å². The van der Waals surface area contributed by atoms with E-state index in [-0.39, 0.29) is 6.10 Å². The number of rotatable bonds is 6. The van der Waals surface area contributed by atoms with E-state index in [9.17, 15) is 9.90 Å². The van der Waals surface area contributed by atoms with E-state index in [1.807, 2.05) is 47.8 Å². The topological polar surface area (TPSA) is 49.8 Å². The molecule has 3 aliphatic heterocycles. The first-order chi connectivity index (χ1) is 12.6. The van der Waals surface area contributed by atoms with Crippen molar-refractivity contribution in [2.75, 3.05) is 19.6 Å². The minimum atomic E-state index is -1.57. The highest BCUT2D eigenvalue weighted by molar-refractivity contribution is 7.10. The highest BCUT2D eigenvalue weighted by Crippen LogP contribution is 2.35. The zero-order valence-electron chi connectivity index (χ0n) is 14.8. The summed E-state index contributed by atoms with van der Waals surface area (Å²) in [6, 6.07) is 13.7. The number of benzene rings is 1. The first-order valence-corrected chi connectivity index (χ1v) is 10.3. The summed E-state index contributed by atoms with van der Waals surface area (Å²) in [7, 11) is 0. The van der Waals surface area contributed by atoms with Crippen molar-refractivity contribution < 1.29 is 14.6 Å².